The van der Waals surface area contributed by atoms with E-state index in [1.807, 2.05) is 0 Å². The molecule has 1 atom stereocenters. The molecule has 0 fully saturated rings. The van der Waals surface area contributed by atoms with Gasteiger partial charge in [0.25, 0.3) is 0 Å². The quantitative estimate of drug-likeness (QED) is 0.410. The average Bonchev–Trinajstić information content (AvgIpc) is 2.16. The third kappa shape index (κ3) is 8.68. The maximum absolute atomic E-state index is 10.3. The second-order valence-corrected chi connectivity index (χ2v) is 5.46. The molecule has 0 saturated heterocycles. The van der Waals surface area contributed by atoms with Crippen LogP contribution < -0.4 is 5.73 Å². The Kier molecular flexibility index (Phi) is 9.70. The van der Waals surface area contributed by atoms with E-state index in [-0.39, 0.29) is 6.61 Å². The van der Waals surface area contributed by atoms with Crippen molar-refractivity contribution in [3.8, 4) is 0 Å². The molecule has 84 valence electrons. The van der Waals surface area contributed by atoms with Gasteiger partial charge in [0.2, 0.25) is 0 Å². The number of aliphatic hydroxyl groups is 1. The van der Waals surface area contributed by atoms with Crippen LogP contribution in [0.15, 0.2) is 0 Å². The van der Waals surface area contributed by atoms with Gasteiger partial charge in [-0.25, -0.2) is 0 Å². The predicted octanol–water partition coefficient (Wildman–Crippen LogP) is 0.942. The molecule has 0 bridgehead atoms. The molecular formula is C8H17NO3S2. The zero-order chi connectivity index (χ0) is 10.8. The Morgan fingerprint density at radius 2 is 2.00 bits per heavy atom. The molecule has 0 aromatic carbocycles. The second-order valence-electron chi connectivity index (χ2n) is 2.84. The van der Waals surface area contributed by atoms with E-state index in [2.05, 4.69) is 0 Å². The first kappa shape index (κ1) is 14.1. The van der Waals surface area contributed by atoms with Gasteiger partial charge in [-0.05, 0) is 12.8 Å². The lowest BCUT2D eigenvalue weighted by Gasteiger charge is -2.04. The summed E-state index contributed by atoms with van der Waals surface area (Å²) in [5.74, 6) is 0.482. The normalized spacial score (nSPS) is 12.7. The van der Waals surface area contributed by atoms with Crippen molar-refractivity contribution >= 4 is 27.6 Å². The Labute approximate surface area is 92.0 Å². The van der Waals surface area contributed by atoms with E-state index >= 15 is 0 Å². The van der Waals surface area contributed by atoms with E-state index in [4.69, 9.17) is 15.9 Å². The number of hydrogen-bond donors (Lipinski definition) is 3. The Balaban J connectivity index is 3.09. The van der Waals surface area contributed by atoms with Crippen LogP contribution in [0.3, 0.4) is 0 Å². The van der Waals surface area contributed by atoms with E-state index < -0.39 is 12.0 Å². The van der Waals surface area contributed by atoms with Crippen LogP contribution in [0.2, 0.25) is 0 Å². The first-order chi connectivity index (χ1) is 6.68. The van der Waals surface area contributed by atoms with Crippen LogP contribution in [-0.4, -0.2) is 40.3 Å². The summed E-state index contributed by atoms with van der Waals surface area (Å²) in [6.45, 7) is 0.252. The largest absolute Gasteiger partial charge is 0.480 e. The molecule has 0 aliphatic heterocycles. The SMILES string of the molecule is N[C@@H](CSSCCCCCO)C(=O)O. The molecule has 0 aliphatic carbocycles. The zero-order valence-corrected chi connectivity index (χ0v) is 9.65. The lowest BCUT2D eigenvalue weighted by Crippen LogP contribution is -2.32. The molecule has 0 aromatic heterocycles. The number of hydrogen-bond acceptors (Lipinski definition) is 5. The van der Waals surface area contributed by atoms with Crippen LogP contribution in [-0.2, 0) is 4.79 Å². The number of carboxylic acids is 1. The minimum absolute atomic E-state index is 0.252. The third-order valence-electron chi connectivity index (χ3n) is 1.53. The zero-order valence-electron chi connectivity index (χ0n) is 8.02. The molecule has 0 aliphatic rings. The summed E-state index contributed by atoms with van der Waals surface area (Å²) in [7, 11) is 3.14. The maximum atomic E-state index is 10.3. The molecule has 0 heterocycles. The molecule has 0 unspecified atom stereocenters. The van der Waals surface area contributed by atoms with Crippen molar-refractivity contribution in [3.05, 3.63) is 0 Å². The van der Waals surface area contributed by atoms with Gasteiger partial charge in [0.05, 0.1) is 0 Å². The lowest BCUT2D eigenvalue weighted by atomic mass is 10.3. The Morgan fingerprint density at radius 3 is 2.57 bits per heavy atom. The van der Waals surface area contributed by atoms with Crippen molar-refractivity contribution in [2.24, 2.45) is 5.73 Å². The molecular weight excluding hydrogens is 222 g/mol. The fourth-order valence-electron chi connectivity index (χ4n) is 0.701. The summed E-state index contributed by atoms with van der Waals surface area (Å²) in [4.78, 5) is 10.3. The number of carboxylic acid groups (broad SMARTS) is 1. The van der Waals surface area contributed by atoms with Gasteiger partial charge in [0, 0.05) is 18.1 Å². The van der Waals surface area contributed by atoms with Gasteiger partial charge in [0.15, 0.2) is 0 Å². The molecule has 0 aromatic rings. The summed E-state index contributed by atoms with van der Waals surface area (Å²) in [5, 5.41) is 17.0. The van der Waals surface area contributed by atoms with Crippen LogP contribution in [0.5, 0.6) is 0 Å². The molecule has 6 heteroatoms. The van der Waals surface area contributed by atoms with Crippen molar-refractivity contribution < 1.29 is 15.0 Å². The van der Waals surface area contributed by atoms with E-state index in [0.717, 1.165) is 25.0 Å². The van der Waals surface area contributed by atoms with Crippen LogP contribution in [0.1, 0.15) is 19.3 Å². The number of carbonyl (C=O) groups is 1. The van der Waals surface area contributed by atoms with Gasteiger partial charge < -0.3 is 15.9 Å². The summed E-state index contributed by atoms with van der Waals surface area (Å²) < 4.78 is 0. The van der Waals surface area contributed by atoms with Crippen LogP contribution in [0, 0.1) is 0 Å². The molecule has 14 heavy (non-hydrogen) atoms. The third-order valence-corrected chi connectivity index (χ3v) is 4.06. The van der Waals surface area contributed by atoms with Crippen molar-refractivity contribution in [2.45, 2.75) is 25.3 Å². The van der Waals surface area contributed by atoms with Gasteiger partial charge >= 0.3 is 5.97 Å². The van der Waals surface area contributed by atoms with Crippen LogP contribution >= 0.6 is 21.6 Å². The van der Waals surface area contributed by atoms with Crippen molar-refractivity contribution in [1.29, 1.82) is 0 Å². The topological polar surface area (TPSA) is 83.5 Å². The number of rotatable bonds is 9. The maximum Gasteiger partial charge on any atom is 0.321 e. The molecule has 4 nitrogen and oxygen atoms in total. The smallest absolute Gasteiger partial charge is 0.321 e. The molecule has 0 saturated carbocycles. The Morgan fingerprint density at radius 1 is 1.29 bits per heavy atom. The summed E-state index contributed by atoms with van der Waals surface area (Å²) in [6, 6.07) is -0.759. The summed E-state index contributed by atoms with van der Waals surface area (Å²) in [5.41, 5.74) is 5.31. The van der Waals surface area contributed by atoms with Gasteiger partial charge in [-0.3, -0.25) is 4.79 Å². The summed E-state index contributed by atoms with van der Waals surface area (Å²) in [6.07, 6.45) is 2.93. The molecule has 4 N–H and O–H groups in total. The van der Waals surface area contributed by atoms with Crippen molar-refractivity contribution in [1.82, 2.24) is 0 Å². The number of aliphatic hydroxyl groups excluding tert-OH is 1. The highest BCUT2D eigenvalue weighted by atomic mass is 33.1. The fraction of sp³-hybridized carbons (Fsp3) is 0.875. The second kappa shape index (κ2) is 9.64. The molecule has 0 radical (unpaired) electrons. The predicted molar refractivity (Wildman–Crippen MR) is 61.5 cm³/mol. The average molecular weight is 239 g/mol. The Hall–Kier alpha value is 0.0900. The van der Waals surface area contributed by atoms with E-state index in [9.17, 15) is 4.79 Å². The van der Waals surface area contributed by atoms with Gasteiger partial charge in [-0.15, -0.1) is 0 Å². The highest BCUT2D eigenvalue weighted by Crippen LogP contribution is 2.23. The standard InChI is InChI=1S/C8H17NO3S2/c9-7(8(11)12)6-14-13-5-3-1-2-4-10/h7,10H,1-6,9H2,(H,11,12)/t7-/m0/s1. The first-order valence-corrected chi connectivity index (χ1v) is 7.01. The first-order valence-electron chi connectivity index (χ1n) is 4.52. The van der Waals surface area contributed by atoms with Crippen molar-refractivity contribution in [2.75, 3.05) is 18.1 Å². The fourth-order valence-corrected chi connectivity index (χ4v) is 2.96. The highest BCUT2D eigenvalue weighted by Gasteiger charge is 2.10. The number of unbranched alkanes of at least 4 members (excludes halogenated alkanes) is 2. The molecule has 0 rings (SSSR count). The lowest BCUT2D eigenvalue weighted by molar-refractivity contribution is -0.137. The van der Waals surface area contributed by atoms with Gasteiger partial charge in [-0.1, -0.05) is 28.0 Å². The van der Waals surface area contributed by atoms with E-state index in [0.29, 0.717) is 5.75 Å². The monoisotopic (exact) mass is 239 g/mol. The number of aliphatic carboxylic acids is 1. The van der Waals surface area contributed by atoms with Gasteiger partial charge in [0.1, 0.15) is 6.04 Å². The molecule has 0 spiro atoms. The van der Waals surface area contributed by atoms with Crippen LogP contribution in [0.25, 0.3) is 0 Å². The molecule has 0 amide bonds. The minimum atomic E-state index is -0.946. The van der Waals surface area contributed by atoms with E-state index in [1.165, 1.54) is 10.8 Å². The highest BCUT2D eigenvalue weighted by molar-refractivity contribution is 8.76. The summed E-state index contributed by atoms with van der Waals surface area (Å²) >= 11 is 0. The minimum Gasteiger partial charge on any atom is -0.480 e. The van der Waals surface area contributed by atoms with Crippen LogP contribution in [0.4, 0.5) is 0 Å². The van der Waals surface area contributed by atoms with Crippen molar-refractivity contribution in [3.63, 3.8) is 0 Å². The van der Waals surface area contributed by atoms with E-state index in [1.54, 1.807) is 10.8 Å². The number of nitrogens with two attached hydrogens (primary N) is 1. The van der Waals surface area contributed by atoms with Gasteiger partial charge in [-0.2, -0.15) is 0 Å². The Bertz CT molecular complexity index is 158.